The van der Waals surface area contributed by atoms with Gasteiger partial charge in [0, 0.05) is 24.5 Å². The average molecular weight is 288 g/mol. The second-order valence-electron chi connectivity index (χ2n) is 3.84. The zero-order chi connectivity index (χ0) is 15.4. The molecule has 0 radical (unpaired) electrons. The first-order valence-corrected chi connectivity index (χ1v) is 5.71. The van der Waals surface area contributed by atoms with E-state index in [0.29, 0.717) is 0 Å². The molecule has 1 amide bonds. The van der Waals surface area contributed by atoms with Crippen molar-refractivity contribution in [3.63, 3.8) is 0 Å². The maximum Gasteiger partial charge on any atom is 0.274 e. The van der Waals surface area contributed by atoms with Gasteiger partial charge in [0.2, 0.25) is 5.95 Å². The highest BCUT2D eigenvalue weighted by Crippen LogP contribution is 2.26. The summed E-state index contributed by atoms with van der Waals surface area (Å²) in [6.45, 7) is 3.35. The van der Waals surface area contributed by atoms with E-state index in [1.165, 1.54) is 24.5 Å². The molecule has 0 aliphatic carbocycles. The number of amides is 1. The highest BCUT2D eigenvalue weighted by molar-refractivity contribution is 6.06. The second-order valence-corrected chi connectivity index (χ2v) is 3.84. The van der Waals surface area contributed by atoms with Crippen LogP contribution in [0.4, 0.5) is 21.6 Å². The van der Waals surface area contributed by atoms with Gasteiger partial charge in [0.25, 0.3) is 11.6 Å². The van der Waals surface area contributed by atoms with Gasteiger partial charge in [-0.15, -0.1) is 0 Å². The first kappa shape index (κ1) is 14.3. The van der Waals surface area contributed by atoms with Crippen molar-refractivity contribution in [2.24, 2.45) is 0 Å². The molecular formula is C13H9FN4O3. The summed E-state index contributed by atoms with van der Waals surface area (Å²) in [4.78, 5) is 30.4. The van der Waals surface area contributed by atoms with Crippen molar-refractivity contribution in [2.45, 2.75) is 0 Å². The average Bonchev–Trinajstić information content (AvgIpc) is 2.47. The Kier molecular flexibility index (Phi) is 3.98. The number of pyridine rings is 2. The summed E-state index contributed by atoms with van der Waals surface area (Å²) in [5.74, 6) is -1.41. The van der Waals surface area contributed by atoms with Crippen molar-refractivity contribution < 1.29 is 14.1 Å². The lowest BCUT2D eigenvalue weighted by Gasteiger charge is -2.19. The lowest BCUT2D eigenvalue weighted by atomic mass is 10.3. The van der Waals surface area contributed by atoms with Crippen molar-refractivity contribution in [1.29, 1.82) is 0 Å². The number of hydrogen-bond donors (Lipinski definition) is 0. The Morgan fingerprint density at radius 2 is 2.05 bits per heavy atom. The molecule has 0 fully saturated rings. The van der Waals surface area contributed by atoms with E-state index in [2.05, 4.69) is 16.5 Å². The molecule has 2 heterocycles. The van der Waals surface area contributed by atoms with Crippen LogP contribution in [0.2, 0.25) is 0 Å². The molecule has 0 atom stereocenters. The normalized spacial score (nSPS) is 9.95. The van der Waals surface area contributed by atoms with Crippen LogP contribution in [0.5, 0.6) is 0 Å². The molecule has 0 aromatic carbocycles. The number of hydrogen-bond acceptors (Lipinski definition) is 5. The predicted octanol–water partition coefficient (Wildman–Crippen LogP) is 2.37. The largest absolute Gasteiger partial charge is 0.274 e. The number of aromatic nitrogens is 2. The number of anilines is 2. The van der Waals surface area contributed by atoms with Gasteiger partial charge in [-0.3, -0.25) is 19.8 Å². The number of rotatable bonds is 4. The minimum absolute atomic E-state index is 0.0142. The zero-order valence-electron chi connectivity index (χ0n) is 10.6. The van der Waals surface area contributed by atoms with Crippen LogP contribution >= 0.6 is 0 Å². The third-order valence-electron chi connectivity index (χ3n) is 2.53. The number of carbonyl (C=O) groups excluding carboxylic acids is 1. The Labute approximate surface area is 118 Å². The summed E-state index contributed by atoms with van der Waals surface area (Å²) in [5, 5.41) is 10.8. The number of nitro groups is 1. The monoisotopic (exact) mass is 288 g/mol. The Morgan fingerprint density at radius 1 is 1.33 bits per heavy atom. The van der Waals surface area contributed by atoms with E-state index in [1.807, 2.05) is 0 Å². The van der Waals surface area contributed by atoms with Crippen LogP contribution in [0, 0.1) is 16.1 Å². The van der Waals surface area contributed by atoms with Crippen molar-refractivity contribution in [3.05, 3.63) is 65.4 Å². The lowest BCUT2D eigenvalue weighted by molar-refractivity contribution is -0.384. The summed E-state index contributed by atoms with van der Waals surface area (Å²) < 4.78 is 13.2. The molecule has 0 spiro atoms. The molecule has 2 rings (SSSR count). The lowest BCUT2D eigenvalue weighted by Crippen LogP contribution is -2.24. The molecule has 21 heavy (non-hydrogen) atoms. The van der Waals surface area contributed by atoms with Crippen molar-refractivity contribution in [3.8, 4) is 0 Å². The minimum atomic E-state index is -0.792. The molecule has 0 unspecified atom stereocenters. The van der Waals surface area contributed by atoms with Gasteiger partial charge in [-0.25, -0.2) is 9.97 Å². The first-order chi connectivity index (χ1) is 10.0. The van der Waals surface area contributed by atoms with E-state index in [0.717, 1.165) is 23.1 Å². The van der Waals surface area contributed by atoms with Crippen LogP contribution < -0.4 is 4.90 Å². The molecule has 0 aliphatic heterocycles. The third-order valence-corrected chi connectivity index (χ3v) is 2.53. The van der Waals surface area contributed by atoms with Crippen LogP contribution in [-0.2, 0) is 4.79 Å². The maximum absolute atomic E-state index is 13.2. The fourth-order valence-electron chi connectivity index (χ4n) is 1.64. The Hall–Kier alpha value is -3.16. The van der Waals surface area contributed by atoms with E-state index in [4.69, 9.17) is 0 Å². The Bertz CT molecular complexity index is 720. The smallest absolute Gasteiger partial charge is 0.269 e. The summed E-state index contributed by atoms with van der Waals surface area (Å²) in [7, 11) is 0. The minimum Gasteiger partial charge on any atom is -0.269 e. The fraction of sp³-hybridized carbons (Fsp3) is 0. The molecule has 7 nitrogen and oxygen atoms in total. The van der Waals surface area contributed by atoms with Gasteiger partial charge in [-0.2, -0.15) is 4.39 Å². The number of halogens is 1. The predicted molar refractivity (Wildman–Crippen MR) is 72.4 cm³/mol. The van der Waals surface area contributed by atoms with Crippen LogP contribution in [0.15, 0.2) is 49.3 Å². The fourth-order valence-corrected chi connectivity index (χ4v) is 1.64. The standard InChI is InChI=1S/C13H9FN4O3/c1-2-13(19)17(9-3-5-15-11(14)7-9)12-8-10(18(20)21)4-6-16-12/h2-8H,1H2. The highest BCUT2D eigenvalue weighted by atomic mass is 19.1. The summed E-state index contributed by atoms with van der Waals surface area (Å²) in [6.07, 6.45) is 3.36. The molecule has 0 N–H and O–H groups in total. The quantitative estimate of drug-likeness (QED) is 0.373. The van der Waals surface area contributed by atoms with Gasteiger partial charge in [0.15, 0.2) is 0 Å². The molecule has 2 aromatic rings. The van der Waals surface area contributed by atoms with E-state index in [1.54, 1.807) is 0 Å². The van der Waals surface area contributed by atoms with Gasteiger partial charge in [0.05, 0.1) is 16.7 Å². The molecule has 106 valence electrons. The molecular weight excluding hydrogens is 279 g/mol. The number of carbonyl (C=O) groups is 1. The van der Waals surface area contributed by atoms with E-state index >= 15 is 0 Å². The Balaban J connectivity index is 2.56. The topological polar surface area (TPSA) is 89.2 Å². The molecule has 2 aromatic heterocycles. The summed E-state index contributed by atoms with van der Waals surface area (Å²) in [6, 6.07) is 4.69. The highest BCUT2D eigenvalue weighted by Gasteiger charge is 2.20. The number of nitrogens with zero attached hydrogens (tertiary/aromatic N) is 4. The van der Waals surface area contributed by atoms with E-state index in [-0.39, 0.29) is 17.2 Å². The van der Waals surface area contributed by atoms with Crippen molar-refractivity contribution in [1.82, 2.24) is 9.97 Å². The summed E-state index contributed by atoms with van der Waals surface area (Å²) >= 11 is 0. The van der Waals surface area contributed by atoms with Crippen molar-refractivity contribution >= 4 is 23.1 Å². The van der Waals surface area contributed by atoms with Gasteiger partial charge >= 0.3 is 0 Å². The van der Waals surface area contributed by atoms with Gasteiger partial charge in [0.1, 0.15) is 5.82 Å². The van der Waals surface area contributed by atoms with Crippen LogP contribution in [0.1, 0.15) is 0 Å². The third kappa shape index (κ3) is 3.06. The van der Waals surface area contributed by atoms with Crippen molar-refractivity contribution in [2.75, 3.05) is 4.90 Å². The maximum atomic E-state index is 13.2. The summed E-state index contributed by atoms with van der Waals surface area (Å²) in [5.41, 5.74) is -0.100. The van der Waals surface area contributed by atoms with Gasteiger partial charge in [-0.1, -0.05) is 6.58 Å². The molecule has 0 aliphatic rings. The SMILES string of the molecule is C=CC(=O)N(c1ccnc(F)c1)c1cc([N+](=O)[O-])ccn1. The van der Waals surface area contributed by atoms with Crippen LogP contribution in [0.25, 0.3) is 0 Å². The second kappa shape index (κ2) is 5.87. The van der Waals surface area contributed by atoms with Crippen LogP contribution in [-0.4, -0.2) is 20.8 Å². The first-order valence-electron chi connectivity index (χ1n) is 5.71. The van der Waals surface area contributed by atoms with Gasteiger partial charge in [-0.05, 0) is 12.1 Å². The molecule has 8 heteroatoms. The molecule has 0 saturated carbocycles. The van der Waals surface area contributed by atoms with E-state index < -0.39 is 16.8 Å². The van der Waals surface area contributed by atoms with Gasteiger partial charge < -0.3 is 0 Å². The van der Waals surface area contributed by atoms with E-state index in [9.17, 15) is 19.3 Å². The van der Waals surface area contributed by atoms with Crippen LogP contribution in [0.3, 0.4) is 0 Å². The zero-order valence-corrected chi connectivity index (χ0v) is 10.6. The Morgan fingerprint density at radius 3 is 2.67 bits per heavy atom. The molecule has 0 bridgehead atoms. The molecule has 0 saturated heterocycles.